The van der Waals surface area contributed by atoms with Gasteiger partial charge in [-0.05, 0) is 30.4 Å². The number of hydrogen-bond acceptors (Lipinski definition) is 2. The third kappa shape index (κ3) is 2.42. The minimum absolute atomic E-state index is 0.0513. The molecule has 0 aliphatic carbocycles. The first-order valence-corrected chi connectivity index (χ1v) is 7.32. The van der Waals surface area contributed by atoms with Crippen LogP contribution in [0.4, 0.5) is 5.69 Å². The fourth-order valence-corrected chi connectivity index (χ4v) is 3.20. The number of nitrogens with zero attached hydrogens (tertiary/aromatic N) is 1. The Balaban J connectivity index is 1.71. The van der Waals surface area contributed by atoms with E-state index in [9.17, 15) is 9.59 Å². The van der Waals surface area contributed by atoms with E-state index < -0.39 is 0 Å². The van der Waals surface area contributed by atoms with Crippen molar-refractivity contribution in [3.05, 3.63) is 29.8 Å². The molecular formula is C16H20N2O2. The second kappa shape index (κ2) is 5.27. The predicted molar refractivity (Wildman–Crippen MR) is 77.4 cm³/mol. The lowest BCUT2D eigenvalue weighted by Gasteiger charge is -2.31. The van der Waals surface area contributed by atoms with Crippen LogP contribution in [0.5, 0.6) is 0 Å². The Kier molecular flexibility index (Phi) is 3.47. The number of carbonyl (C=O) groups is 2. The summed E-state index contributed by atoms with van der Waals surface area (Å²) >= 11 is 0. The number of anilines is 1. The van der Waals surface area contributed by atoms with Gasteiger partial charge in [-0.15, -0.1) is 0 Å². The number of nitrogens with one attached hydrogen (secondary N) is 1. The van der Waals surface area contributed by atoms with Gasteiger partial charge in [0.2, 0.25) is 11.8 Å². The van der Waals surface area contributed by atoms with Gasteiger partial charge < -0.3 is 10.2 Å². The smallest absolute Gasteiger partial charge is 0.232 e. The first-order chi connectivity index (χ1) is 9.65. The number of para-hydroxylation sites is 1. The van der Waals surface area contributed by atoms with Crippen LogP contribution in [0, 0.1) is 5.92 Å². The zero-order valence-corrected chi connectivity index (χ0v) is 11.8. The van der Waals surface area contributed by atoms with E-state index in [0.29, 0.717) is 5.92 Å². The number of hydrogen-bond donors (Lipinski definition) is 1. The maximum absolute atomic E-state index is 12.4. The molecule has 1 fully saturated rings. The Labute approximate surface area is 119 Å². The van der Waals surface area contributed by atoms with Crippen LogP contribution in [0.3, 0.4) is 0 Å². The van der Waals surface area contributed by atoms with Crippen LogP contribution in [-0.2, 0) is 9.59 Å². The summed E-state index contributed by atoms with van der Waals surface area (Å²) in [6.07, 6.45) is 2.55. The zero-order valence-electron chi connectivity index (χ0n) is 11.8. The molecule has 2 heterocycles. The first-order valence-electron chi connectivity index (χ1n) is 7.32. The molecule has 4 heteroatoms. The SMILES string of the molecule is CC1CCCN(C(=O)CC2C(=O)Nc3ccccc32)C1. The Bertz CT molecular complexity index is 541. The molecule has 2 unspecified atom stereocenters. The maximum Gasteiger partial charge on any atom is 0.232 e. The van der Waals surface area contributed by atoms with E-state index in [4.69, 9.17) is 0 Å². The van der Waals surface area contributed by atoms with Crippen molar-refractivity contribution in [2.75, 3.05) is 18.4 Å². The molecule has 2 aliphatic heterocycles. The standard InChI is InChI=1S/C16H20N2O2/c1-11-5-4-8-18(10-11)15(19)9-13-12-6-2-3-7-14(12)17-16(13)20/h2-3,6-7,11,13H,4-5,8-10H2,1H3,(H,17,20). The fourth-order valence-electron chi connectivity index (χ4n) is 3.20. The molecule has 2 amide bonds. The van der Waals surface area contributed by atoms with Gasteiger partial charge in [-0.2, -0.15) is 0 Å². The molecule has 0 radical (unpaired) electrons. The summed E-state index contributed by atoms with van der Waals surface area (Å²) in [4.78, 5) is 26.4. The summed E-state index contributed by atoms with van der Waals surface area (Å²) in [6, 6.07) is 7.64. The highest BCUT2D eigenvalue weighted by Gasteiger charge is 2.33. The Hall–Kier alpha value is -1.84. The topological polar surface area (TPSA) is 49.4 Å². The zero-order chi connectivity index (χ0) is 14.1. The van der Waals surface area contributed by atoms with Gasteiger partial charge in [0.25, 0.3) is 0 Å². The van der Waals surface area contributed by atoms with E-state index in [1.54, 1.807) is 0 Å². The second-order valence-electron chi connectivity index (χ2n) is 5.92. The van der Waals surface area contributed by atoms with Crippen molar-refractivity contribution in [3.63, 3.8) is 0 Å². The van der Waals surface area contributed by atoms with Crippen LogP contribution in [0.2, 0.25) is 0 Å². The quantitative estimate of drug-likeness (QED) is 0.898. The molecular weight excluding hydrogens is 252 g/mol. The van der Waals surface area contributed by atoms with Gasteiger partial charge in [0.1, 0.15) is 0 Å². The number of piperidine rings is 1. The summed E-state index contributed by atoms with van der Waals surface area (Å²) in [7, 11) is 0. The number of benzene rings is 1. The van der Waals surface area contributed by atoms with Crippen molar-refractivity contribution in [1.29, 1.82) is 0 Å². The molecule has 3 rings (SSSR count). The lowest BCUT2D eigenvalue weighted by Crippen LogP contribution is -2.40. The average Bonchev–Trinajstić information content (AvgIpc) is 2.75. The van der Waals surface area contributed by atoms with E-state index in [1.165, 1.54) is 6.42 Å². The highest BCUT2D eigenvalue weighted by Crippen LogP contribution is 2.34. The molecule has 2 atom stereocenters. The van der Waals surface area contributed by atoms with Gasteiger partial charge in [0.15, 0.2) is 0 Å². The van der Waals surface area contributed by atoms with Crippen LogP contribution < -0.4 is 5.32 Å². The number of carbonyl (C=O) groups excluding carboxylic acids is 2. The lowest BCUT2D eigenvalue weighted by atomic mass is 9.95. The third-order valence-electron chi connectivity index (χ3n) is 4.30. The molecule has 1 aromatic carbocycles. The van der Waals surface area contributed by atoms with Crippen molar-refractivity contribution in [2.24, 2.45) is 5.92 Å². The van der Waals surface area contributed by atoms with Crippen molar-refractivity contribution in [1.82, 2.24) is 4.90 Å². The van der Waals surface area contributed by atoms with E-state index in [1.807, 2.05) is 29.2 Å². The van der Waals surface area contributed by atoms with Gasteiger partial charge >= 0.3 is 0 Å². The monoisotopic (exact) mass is 272 g/mol. The number of rotatable bonds is 2. The second-order valence-corrected chi connectivity index (χ2v) is 5.92. The minimum atomic E-state index is -0.323. The largest absolute Gasteiger partial charge is 0.342 e. The molecule has 0 saturated carbocycles. The average molecular weight is 272 g/mol. The van der Waals surface area contributed by atoms with Crippen molar-refractivity contribution >= 4 is 17.5 Å². The molecule has 106 valence electrons. The van der Waals surface area contributed by atoms with E-state index in [0.717, 1.165) is 30.8 Å². The summed E-state index contributed by atoms with van der Waals surface area (Å²) < 4.78 is 0. The molecule has 1 aromatic rings. The molecule has 0 aromatic heterocycles. The van der Waals surface area contributed by atoms with Gasteiger partial charge in [-0.25, -0.2) is 0 Å². The normalized spacial score (nSPS) is 25.2. The first kappa shape index (κ1) is 13.2. The van der Waals surface area contributed by atoms with Crippen molar-refractivity contribution < 1.29 is 9.59 Å². The Morgan fingerprint density at radius 1 is 1.40 bits per heavy atom. The molecule has 20 heavy (non-hydrogen) atoms. The Morgan fingerprint density at radius 2 is 2.20 bits per heavy atom. The summed E-state index contributed by atoms with van der Waals surface area (Å²) in [5.74, 6) is 0.298. The molecule has 4 nitrogen and oxygen atoms in total. The molecule has 1 N–H and O–H groups in total. The van der Waals surface area contributed by atoms with Gasteiger partial charge in [-0.1, -0.05) is 25.1 Å². The molecule has 0 spiro atoms. The number of likely N-dealkylation sites (tertiary alicyclic amines) is 1. The van der Waals surface area contributed by atoms with Crippen molar-refractivity contribution in [3.8, 4) is 0 Å². The summed E-state index contributed by atoms with van der Waals surface area (Å²) in [5, 5.41) is 2.85. The molecule has 0 bridgehead atoms. The summed E-state index contributed by atoms with van der Waals surface area (Å²) in [5.41, 5.74) is 1.80. The van der Waals surface area contributed by atoms with E-state index in [2.05, 4.69) is 12.2 Å². The van der Waals surface area contributed by atoms with Crippen LogP contribution in [-0.4, -0.2) is 29.8 Å². The highest BCUT2D eigenvalue weighted by atomic mass is 16.2. The van der Waals surface area contributed by atoms with E-state index in [-0.39, 0.29) is 24.2 Å². The lowest BCUT2D eigenvalue weighted by molar-refractivity contribution is -0.135. The van der Waals surface area contributed by atoms with Gasteiger partial charge in [0, 0.05) is 25.2 Å². The van der Waals surface area contributed by atoms with Crippen LogP contribution in [0.1, 0.15) is 37.7 Å². The fraction of sp³-hybridized carbons (Fsp3) is 0.500. The molecule has 2 aliphatic rings. The van der Waals surface area contributed by atoms with E-state index >= 15 is 0 Å². The summed E-state index contributed by atoms with van der Waals surface area (Å²) in [6.45, 7) is 3.84. The highest BCUT2D eigenvalue weighted by molar-refractivity contribution is 6.04. The van der Waals surface area contributed by atoms with Gasteiger partial charge in [-0.3, -0.25) is 9.59 Å². The number of fused-ring (bicyclic) bond motifs is 1. The van der Waals surface area contributed by atoms with Gasteiger partial charge in [0.05, 0.1) is 5.92 Å². The van der Waals surface area contributed by atoms with Crippen LogP contribution >= 0.6 is 0 Å². The van der Waals surface area contributed by atoms with Crippen LogP contribution in [0.15, 0.2) is 24.3 Å². The van der Waals surface area contributed by atoms with Crippen molar-refractivity contribution in [2.45, 2.75) is 32.1 Å². The third-order valence-corrected chi connectivity index (χ3v) is 4.30. The number of amides is 2. The molecule has 1 saturated heterocycles. The predicted octanol–water partition coefficient (Wildman–Crippen LogP) is 2.37. The minimum Gasteiger partial charge on any atom is -0.342 e. The maximum atomic E-state index is 12.4. The Morgan fingerprint density at radius 3 is 3.00 bits per heavy atom. The van der Waals surface area contributed by atoms with Crippen LogP contribution in [0.25, 0.3) is 0 Å².